The molecule has 1 saturated carbocycles. The van der Waals surface area contributed by atoms with Crippen molar-refractivity contribution in [3.05, 3.63) is 24.3 Å². The molecule has 30 heavy (non-hydrogen) atoms. The number of carbonyl (C=O) groups is 2. The molecule has 8 nitrogen and oxygen atoms in total. The van der Waals surface area contributed by atoms with Crippen molar-refractivity contribution < 1.29 is 19.1 Å². The number of thiocarbonyl (C=S) groups is 1. The summed E-state index contributed by atoms with van der Waals surface area (Å²) in [6, 6.07) is 7.93. The minimum absolute atomic E-state index is 0.0296. The average molecular weight is 433 g/mol. The molecule has 0 bridgehead atoms. The fourth-order valence-corrected chi connectivity index (χ4v) is 4.13. The normalized spacial score (nSPS) is 21.6. The molecule has 1 aromatic carbocycles. The summed E-state index contributed by atoms with van der Waals surface area (Å²) in [5.74, 6) is 0.544. The van der Waals surface area contributed by atoms with Crippen LogP contribution in [0.25, 0.3) is 0 Å². The third kappa shape index (κ3) is 4.84. The maximum atomic E-state index is 12.3. The molecule has 1 atom stereocenters. The van der Waals surface area contributed by atoms with Crippen LogP contribution < -0.4 is 15.1 Å². The topological polar surface area (TPSA) is 74.3 Å². The molecule has 1 aliphatic carbocycles. The fraction of sp³-hybridized carbons (Fsp3) is 0.571. The highest BCUT2D eigenvalue weighted by Gasteiger charge is 2.33. The first-order valence-electron chi connectivity index (χ1n) is 10.4. The molecule has 0 spiro atoms. The molecule has 2 saturated heterocycles. The Morgan fingerprint density at radius 1 is 1.17 bits per heavy atom. The highest BCUT2D eigenvalue weighted by atomic mass is 32.1. The Kier molecular flexibility index (Phi) is 6.38. The molecule has 4 rings (SSSR count). The average Bonchev–Trinajstić information content (AvgIpc) is 3.55. The Labute approximate surface area is 182 Å². The number of nitrogens with zero attached hydrogens (tertiary/aromatic N) is 3. The summed E-state index contributed by atoms with van der Waals surface area (Å²) in [6.07, 6.45) is 1.80. The van der Waals surface area contributed by atoms with Crippen LogP contribution in [0, 0.1) is 5.92 Å². The number of benzene rings is 1. The number of rotatable bonds is 7. The van der Waals surface area contributed by atoms with E-state index >= 15 is 0 Å². The monoisotopic (exact) mass is 432 g/mol. The Morgan fingerprint density at radius 2 is 1.83 bits per heavy atom. The van der Waals surface area contributed by atoms with E-state index in [1.54, 1.807) is 4.90 Å². The maximum Gasteiger partial charge on any atom is 0.414 e. The van der Waals surface area contributed by atoms with Crippen molar-refractivity contribution in [2.45, 2.75) is 18.9 Å². The Hall–Kier alpha value is -2.39. The van der Waals surface area contributed by atoms with Crippen molar-refractivity contribution >= 4 is 40.6 Å². The first-order chi connectivity index (χ1) is 14.5. The molecule has 2 amide bonds. The summed E-state index contributed by atoms with van der Waals surface area (Å²) < 4.78 is 10.4. The van der Waals surface area contributed by atoms with Crippen LogP contribution in [0.15, 0.2) is 24.3 Å². The standard InChI is InChI=1S/C21H28N4O4S/c1-28-14-19(26)24-10-8-23(9-11-24)16-4-6-17(7-5-16)25-13-18(29-21(25)27)12-22-20(30)15-2-3-15/h4-7,15,18H,2-3,8-14H2,1H3,(H,22,30). The van der Waals surface area contributed by atoms with E-state index in [2.05, 4.69) is 10.2 Å². The Balaban J connectivity index is 1.28. The molecule has 3 aliphatic rings. The zero-order chi connectivity index (χ0) is 21.1. The van der Waals surface area contributed by atoms with E-state index in [-0.39, 0.29) is 24.7 Å². The van der Waals surface area contributed by atoms with Gasteiger partial charge in [0.1, 0.15) is 12.7 Å². The second kappa shape index (κ2) is 9.18. The zero-order valence-corrected chi connectivity index (χ0v) is 18.0. The minimum atomic E-state index is -0.322. The van der Waals surface area contributed by atoms with Crippen molar-refractivity contribution in [1.29, 1.82) is 0 Å². The number of hydrogen-bond acceptors (Lipinski definition) is 6. The Bertz CT molecular complexity index is 791. The molecular weight excluding hydrogens is 404 g/mol. The lowest BCUT2D eigenvalue weighted by atomic mass is 10.2. The SMILES string of the molecule is COCC(=O)N1CCN(c2ccc(N3CC(CNC(=S)C4CC4)OC3=O)cc2)CC1. The van der Waals surface area contributed by atoms with Gasteiger partial charge in [0.2, 0.25) is 5.91 Å². The summed E-state index contributed by atoms with van der Waals surface area (Å²) in [7, 11) is 1.54. The minimum Gasteiger partial charge on any atom is -0.442 e. The number of carbonyl (C=O) groups excluding carboxylic acids is 2. The van der Waals surface area contributed by atoms with Crippen LogP contribution in [-0.2, 0) is 14.3 Å². The first kappa shape index (κ1) is 20.9. The van der Waals surface area contributed by atoms with Crippen LogP contribution in [0.1, 0.15) is 12.8 Å². The van der Waals surface area contributed by atoms with Crippen LogP contribution in [0.4, 0.5) is 16.2 Å². The van der Waals surface area contributed by atoms with Crippen molar-refractivity contribution in [1.82, 2.24) is 10.2 Å². The molecule has 0 aromatic heterocycles. The van der Waals surface area contributed by atoms with Gasteiger partial charge in [-0.05, 0) is 37.1 Å². The highest BCUT2D eigenvalue weighted by Crippen LogP contribution is 2.30. The van der Waals surface area contributed by atoms with Crippen molar-refractivity contribution in [2.75, 3.05) is 62.8 Å². The highest BCUT2D eigenvalue weighted by molar-refractivity contribution is 7.80. The molecule has 1 aromatic rings. The van der Waals surface area contributed by atoms with Crippen LogP contribution in [0.3, 0.4) is 0 Å². The van der Waals surface area contributed by atoms with E-state index < -0.39 is 0 Å². The number of anilines is 2. The van der Waals surface area contributed by atoms with E-state index in [1.165, 1.54) is 7.11 Å². The molecule has 1 N–H and O–H groups in total. The van der Waals surface area contributed by atoms with Gasteiger partial charge < -0.3 is 24.6 Å². The van der Waals surface area contributed by atoms with E-state index in [0.717, 1.165) is 42.3 Å². The van der Waals surface area contributed by atoms with Gasteiger partial charge in [-0.15, -0.1) is 0 Å². The van der Waals surface area contributed by atoms with Crippen LogP contribution >= 0.6 is 12.2 Å². The third-order valence-electron chi connectivity index (χ3n) is 5.75. The number of amides is 2. The number of ether oxygens (including phenoxy) is 2. The van der Waals surface area contributed by atoms with Crippen LogP contribution in [0.2, 0.25) is 0 Å². The maximum absolute atomic E-state index is 12.3. The van der Waals surface area contributed by atoms with Crippen molar-refractivity contribution in [2.24, 2.45) is 5.92 Å². The van der Waals surface area contributed by atoms with Gasteiger partial charge in [0.05, 0.1) is 18.1 Å². The molecule has 9 heteroatoms. The number of piperazine rings is 1. The van der Waals surface area contributed by atoms with Gasteiger partial charge in [0.25, 0.3) is 0 Å². The fourth-order valence-electron chi connectivity index (χ4n) is 3.82. The second-order valence-electron chi connectivity index (χ2n) is 7.95. The van der Waals surface area contributed by atoms with E-state index in [9.17, 15) is 9.59 Å². The number of cyclic esters (lactones) is 1. The zero-order valence-electron chi connectivity index (χ0n) is 17.2. The number of hydrogen-bond donors (Lipinski definition) is 1. The van der Waals surface area contributed by atoms with Gasteiger partial charge in [-0.2, -0.15) is 0 Å². The van der Waals surface area contributed by atoms with Crippen LogP contribution in [-0.4, -0.2) is 81.0 Å². The lowest BCUT2D eigenvalue weighted by Crippen LogP contribution is -2.49. The van der Waals surface area contributed by atoms with Crippen molar-refractivity contribution in [3.63, 3.8) is 0 Å². The largest absolute Gasteiger partial charge is 0.442 e. The molecule has 2 aliphatic heterocycles. The van der Waals surface area contributed by atoms with Gasteiger partial charge in [0.15, 0.2) is 0 Å². The molecule has 3 fully saturated rings. The first-order valence-corrected chi connectivity index (χ1v) is 10.8. The van der Waals surface area contributed by atoms with Gasteiger partial charge in [-0.3, -0.25) is 9.69 Å². The van der Waals surface area contributed by atoms with E-state index in [0.29, 0.717) is 32.1 Å². The summed E-state index contributed by atoms with van der Waals surface area (Å²) in [4.78, 5) is 30.9. The smallest absolute Gasteiger partial charge is 0.414 e. The predicted molar refractivity (Wildman–Crippen MR) is 118 cm³/mol. The Morgan fingerprint density at radius 3 is 2.47 bits per heavy atom. The lowest BCUT2D eigenvalue weighted by molar-refractivity contribution is -0.135. The summed E-state index contributed by atoms with van der Waals surface area (Å²) in [5, 5.41) is 3.24. The van der Waals surface area contributed by atoms with Gasteiger partial charge in [-0.1, -0.05) is 12.2 Å². The molecule has 2 heterocycles. The van der Waals surface area contributed by atoms with Crippen molar-refractivity contribution in [3.8, 4) is 0 Å². The van der Waals surface area contributed by atoms with E-state index in [1.807, 2.05) is 29.2 Å². The summed E-state index contributed by atoms with van der Waals surface area (Å²) >= 11 is 5.34. The molecule has 0 radical (unpaired) electrons. The number of nitrogens with one attached hydrogen (secondary N) is 1. The molecule has 1 unspecified atom stereocenters. The third-order valence-corrected chi connectivity index (χ3v) is 6.23. The van der Waals surface area contributed by atoms with Crippen LogP contribution in [0.5, 0.6) is 0 Å². The molecular formula is C21H28N4O4S. The van der Waals surface area contributed by atoms with E-state index in [4.69, 9.17) is 21.7 Å². The predicted octanol–water partition coefficient (Wildman–Crippen LogP) is 1.63. The summed E-state index contributed by atoms with van der Waals surface area (Å²) in [6.45, 7) is 4.11. The molecule has 162 valence electrons. The number of methoxy groups -OCH3 is 1. The summed E-state index contributed by atoms with van der Waals surface area (Å²) in [5.41, 5.74) is 1.91. The van der Waals surface area contributed by atoms with Gasteiger partial charge >= 0.3 is 6.09 Å². The quantitative estimate of drug-likeness (QED) is 0.657. The van der Waals surface area contributed by atoms with Gasteiger partial charge in [0, 0.05) is 50.6 Å². The van der Waals surface area contributed by atoms with Gasteiger partial charge in [-0.25, -0.2) is 4.79 Å². The second-order valence-corrected chi connectivity index (χ2v) is 8.39. The lowest BCUT2D eigenvalue weighted by Gasteiger charge is -2.36.